The molecule has 2 fully saturated rings. The SMILES string of the molecule is Cc1nc(SCc2cccc(S(=O)(=O)N3CCOCC3)c2)n(CC2CCCO2)c1C. The van der Waals surface area contributed by atoms with Gasteiger partial charge in [-0.05, 0) is 44.4 Å². The maximum absolute atomic E-state index is 12.9. The Hall–Kier alpha value is -1.39. The second-order valence-electron chi connectivity index (χ2n) is 7.76. The number of benzene rings is 1. The maximum atomic E-state index is 12.9. The fraction of sp³-hybridized carbons (Fsp3) is 0.571. The molecule has 3 heterocycles. The Labute approximate surface area is 182 Å². The van der Waals surface area contributed by atoms with E-state index in [2.05, 4.69) is 11.5 Å². The lowest BCUT2D eigenvalue weighted by Crippen LogP contribution is -2.40. The number of morpholine rings is 1. The summed E-state index contributed by atoms with van der Waals surface area (Å²) in [5.41, 5.74) is 3.16. The topological polar surface area (TPSA) is 73.7 Å². The van der Waals surface area contributed by atoms with Gasteiger partial charge in [-0.25, -0.2) is 13.4 Å². The van der Waals surface area contributed by atoms with Crippen LogP contribution in [0.25, 0.3) is 0 Å². The molecule has 0 bridgehead atoms. The number of hydrogen-bond donors (Lipinski definition) is 0. The van der Waals surface area contributed by atoms with E-state index in [0.717, 1.165) is 48.1 Å². The van der Waals surface area contributed by atoms with Crippen LogP contribution in [0.15, 0.2) is 34.3 Å². The van der Waals surface area contributed by atoms with Gasteiger partial charge >= 0.3 is 0 Å². The number of ether oxygens (including phenoxy) is 2. The van der Waals surface area contributed by atoms with Crippen LogP contribution in [0.1, 0.15) is 29.8 Å². The summed E-state index contributed by atoms with van der Waals surface area (Å²) in [5, 5.41) is 0.960. The molecule has 0 aliphatic carbocycles. The zero-order valence-electron chi connectivity index (χ0n) is 17.5. The minimum atomic E-state index is -3.49. The molecule has 1 atom stereocenters. The van der Waals surface area contributed by atoms with Gasteiger partial charge in [0.1, 0.15) is 0 Å². The van der Waals surface area contributed by atoms with Gasteiger partial charge in [-0.1, -0.05) is 23.9 Å². The third-order valence-electron chi connectivity index (χ3n) is 5.71. The minimum Gasteiger partial charge on any atom is -0.379 e. The zero-order valence-corrected chi connectivity index (χ0v) is 19.2. The first-order valence-electron chi connectivity index (χ1n) is 10.4. The van der Waals surface area contributed by atoms with Gasteiger partial charge < -0.3 is 14.0 Å². The molecule has 164 valence electrons. The summed E-state index contributed by atoms with van der Waals surface area (Å²) in [6.07, 6.45) is 2.45. The average Bonchev–Trinajstić information content (AvgIpc) is 3.37. The second-order valence-corrected chi connectivity index (χ2v) is 10.6. The highest BCUT2D eigenvalue weighted by Gasteiger charge is 2.26. The Balaban J connectivity index is 1.48. The Bertz CT molecular complexity index is 978. The molecule has 0 radical (unpaired) electrons. The Morgan fingerprint density at radius 2 is 2.00 bits per heavy atom. The van der Waals surface area contributed by atoms with Crippen molar-refractivity contribution in [3.8, 4) is 0 Å². The quantitative estimate of drug-likeness (QED) is 0.603. The average molecular weight is 452 g/mol. The summed E-state index contributed by atoms with van der Waals surface area (Å²) in [6.45, 7) is 7.48. The van der Waals surface area contributed by atoms with Crippen molar-refractivity contribution in [2.45, 2.75) is 55.1 Å². The van der Waals surface area contributed by atoms with E-state index >= 15 is 0 Å². The lowest BCUT2D eigenvalue weighted by atomic mass is 10.2. The van der Waals surface area contributed by atoms with Crippen molar-refractivity contribution in [2.75, 3.05) is 32.9 Å². The lowest BCUT2D eigenvalue weighted by Gasteiger charge is -2.26. The highest BCUT2D eigenvalue weighted by atomic mass is 32.2. The van der Waals surface area contributed by atoms with Crippen molar-refractivity contribution in [1.82, 2.24) is 13.9 Å². The highest BCUT2D eigenvalue weighted by Crippen LogP contribution is 2.28. The first-order chi connectivity index (χ1) is 14.4. The summed E-state index contributed by atoms with van der Waals surface area (Å²) >= 11 is 1.64. The van der Waals surface area contributed by atoms with Crippen LogP contribution >= 0.6 is 11.8 Å². The molecule has 2 aromatic rings. The van der Waals surface area contributed by atoms with Crippen molar-refractivity contribution in [3.05, 3.63) is 41.2 Å². The predicted octanol–water partition coefficient (Wildman–Crippen LogP) is 2.99. The molecule has 1 aromatic heterocycles. The van der Waals surface area contributed by atoms with E-state index in [1.165, 1.54) is 4.31 Å². The number of rotatable bonds is 7. The predicted molar refractivity (Wildman–Crippen MR) is 116 cm³/mol. The molecule has 9 heteroatoms. The molecule has 1 unspecified atom stereocenters. The fourth-order valence-corrected chi connectivity index (χ4v) is 6.34. The summed E-state index contributed by atoms with van der Waals surface area (Å²) in [7, 11) is -3.49. The van der Waals surface area contributed by atoms with E-state index in [9.17, 15) is 8.42 Å². The van der Waals surface area contributed by atoms with Gasteiger partial charge in [0.05, 0.1) is 36.5 Å². The first-order valence-corrected chi connectivity index (χ1v) is 12.8. The largest absolute Gasteiger partial charge is 0.379 e. The molecule has 7 nitrogen and oxygen atoms in total. The number of imidazole rings is 1. The van der Waals surface area contributed by atoms with Gasteiger partial charge in [-0.2, -0.15) is 4.31 Å². The number of hydrogen-bond acceptors (Lipinski definition) is 6. The Morgan fingerprint density at radius 1 is 1.20 bits per heavy atom. The smallest absolute Gasteiger partial charge is 0.243 e. The monoisotopic (exact) mass is 451 g/mol. The number of aromatic nitrogens is 2. The minimum absolute atomic E-state index is 0.249. The number of thioether (sulfide) groups is 1. The lowest BCUT2D eigenvalue weighted by molar-refractivity contribution is 0.0730. The zero-order chi connectivity index (χ0) is 21.1. The normalized spacial score (nSPS) is 20.7. The van der Waals surface area contributed by atoms with Crippen LogP contribution in [-0.4, -0.2) is 61.3 Å². The van der Waals surface area contributed by atoms with Crippen LogP contribution in [-0.2, 0) is 31.8 Å². The van der Waals surface area contributed by atoms with E-state index in [-0.39, 0.29) is 6.10 Å². The molecule has 0 saturated carbocycles. The van der Waals surface area contributed by atoms with Crippen LogP contribution in [0.5, 0.6) is 0 Å². The van der Waals surface area contributed by atoms with Crippen molar-refractivity contribution in [2.24, 2.45) is 0 Å². The summed E-state index contributed by atoms with van der Waals surface area (Å²) in [4.78, 5) is 5.09. The van der Waals surface area contributed by atoms with Crippen LogP contribution in [0.2, 0.25) is 0 Å². The van der Waals surface area contributed by atoms with Crippen molar-refractivity contribution >= 4 is 21.8 Å². The fourth-order valence-electron chi connectivity index (χ4n) is 3.82. The van der Waals surface area contributed by atoms with Crippen molar-refractivity contribution < 1.29 is 17.9 Å². The van der Waals surface area contributed by atoms with Gasteiger partial charge in [0, 0.05) is 31.1 Å². The molecular formula is C21H29N3O4S2. The summed E-state index contributed by atoms with van der Waals surface area (Å²) in [5.74, 6) is 0.661. The molecule has 2 saturated heterocycles. The third-order valence-corrected chi connectivity index (χ3v) is 8.65. The van der Waals surface area contributed by atoms with E-state index in [4.69, 9.17) is 14.5 Å². The molecule has 4 rings (SSSR count). The molecule has 0 spiro atoms. The summed E-state index contributed by atoms with van der Waals surface area (Å²) in [6, 6.07) is 7.24. The van der Waals surface area contributed by atoms with Gasteiger partial charge in [-0.15, -0.1) is 0 Å². The Kier molecular flexibility index (Phi) is 6.84. The maximum Gasteiger partial charge on any atom is 0.243 e. The Morgan fingerprint density at radius 3 is 2.73 bits per heavy atom. The highest BCUT2D eigenvalue weighted by molar-refractivity contribution is 7.98. The molecule has 0 N–H and O–H groups in total. The van der Waals surface area contributed by atoms with Crippen molar-refractivity contribution in [3.63, 3.8) is 0 Å². The van der Waals surface area contributed by atoms with Gasteiger partial charge in [-0.3, -0.25) is 0 Å². The van der Waals surface area contributed by atoms with Gasteiger partial charge in [0.2, 0.25) is 10.0 Å². The van der Waals surface area contributed by atoms with E-state index in [1.54, 1.807) is 23.9 Å². The molecule has 0 amide bonds. The third kappa shape index (κ3) is 4.75. The number of nitrogens with zero attached hydrogens (tertiary/aromatic N) is 3. The number of sulfonamides is 1. The van der Waals surface area contributed by atoms with E-state index in [0.29, 0.717) is 37.0 Å². The molecule has 30 heavy (non-hydrogen) atoms. The van der Waals surface area contributed by atoms with Crippen LogP contribution in [0.3, 0.4) is 0 Å². The van der Waals surface area contributed by atoms with Crippen molar-refractivity contribution in [1.29, 1.82) is 0 Å². The molecule has 2 aliphatic heterocycles. The van der Waals surface area contributed by atoms with E-state index < -0.39 is 10.0 Å². The standard InChI is InChI=1S/C21H29N3O4S2/c1-16-17(2)24(14-19-6-4-10-28-19)21(22-16)29-15-18-5-3-7-20(13-18)30(25,26)23-8-11-27-12-9-23/h3,5,7,13,19H,4,6,8-12,14-15H2,1-2H3. The first kappa shape index (κ1) is 21.8. The van der Waals surface area contributed by atoms with Crippen LogP contribution in [0, 0.1) is 13.8 Å². The van der Waals surface area contributed by atoms with Gasteiger partial charge in [0.25, 0.3) is 0 Å². The van der Waals surface area contributed by atoms with Gasteiger partial charge in [0.15, 0.2) is 5.16 Å². The molecular weight excluding hydrogens is 422 g/mol. The molecule has 1 aromatic carbocycles. The second kappa shape index (κ2) is 9.40. The van der Waals surface area contributed by atoms with E-state index in [1.807, 2.05) is 19.1 Å². The number of aryl methyl sites for hydroxylation is 1. The van der Waals surface area contributed by atoms with Crippen LogP contribution < -0.4 is 0 Å². The van der Waals surface area contributed by atoms with Crippen LogP contribution in [0.4, 0.5) is 0 Å². The molecule has 2 aliphatic rings. The summed E-state index contributed by atoms with van der Waals surface area (Å²) < 4.78 is 40.7.